The number of piperidine rings is 1. The highest BCUT2D eigenvalue weighted by molar-refractivity contribution is 9.15. The highest BCUT2D eigenvalue weighted by Gasteiger charge is 2.29. The first-order valence-corrected chi connectivity index (χ1v) is 11.0. The third kappa shape index (κ3) is 4.96. The molecule has 1 saturated heterocycles. The molecule has 1 aliphatic carbocycles. The Labute approximate surface area is 175 Å². The number of rotatable bonds is 5. The molecular formula is C22H29BrN2O3. The first kappa shape index (κ1) is 20.9. The summed E-state index contributed by atoms with van der Waals surface area (Å²) in [5.74, 6) is 0.467. The normalized spacial score (nSPS) is 19.0. The standard InChI is InChI=1S/C22H29BrN2O3/c1-28-18-13-7-6-12-17(18)19(23)20(22(27)25-14-8-3-9-15-25)24-21(26)16-10-4-2-5-11-16/h6-7,12-13,16H,2-5,8-11,14-15H2,1H3,(H,24,26)/b20-19+. The molecule has 152 valence electrons. The number of para-hydroxylation sites is 1. The SMILES string of the molecule is COc1ccccc1/C(Br)=C(\NC(=O)C1CCCCC1)C(=O)N1CCCCC1. The van der Waals surface area contributed by atoms with Gasteiger partial charge in [0, 0.05) is 24.6 Å². The zero-order chi connectivity index (χ0) is 19.9. The lowest BCUT2D eigenvalue weighted by Gasteiger charge is -2.29. The molecule has 1 N–H and O–H groups in total. The van der Waals surface area contributed by atoms with Crippen molar-refractivity contribution < 1.29 is 14.3 Å². The molecule has 6 heteroatoms. The summed E-state index contributed by atoms with van der Waals surface area (Å²) in [7, 11) is 1.60. The topological polar surface area (TPSA) is 58.6 Å². The number of benzene rings is 1. The third-order valence-corrected chi connectivity index (χ3v) is 6.47. The molecule has 2 fully saturated rings. The molecule has 0 atom stereocenters. The van der Waals surface area contributed by atoms with Crippen LogP contribution in [0.5, 0.6) is 5.75 Å². The summed E-state index contributed by atoms with van der Waals surface area (Å²) in [4.78, 5) is 28.1. The molecule has 1 aromatic carbocycles. The maximum atomic E-state index is 13.3. The first-order chi connectivity index (χ1) is 13.6. The maximum Gasteiger partial charge on any atom is 0.271 e. The predicted octanol–water partition coefficient (Wildman–Crippen LogP) is 4.47. The lowest BCUT2D eigenvalue weighted by molar-refractivity contribution is -0.131. The van der Waals surface area contributed by atoms with Crippen LogP contribution in [0.25, 0.3) is 4.48 Å². The fourth-order valence-corrected chi connectivity index (χ4v) is 4.60. The monoisotopic (exact) mass is 448 g/mol. The van der Waals surface area contributed by atoms with Crippen LogP contribution in [0.2, 0.25) is 0 Å². The number of ether oxygens (including phenoxy) is 1. The number of likely N-dealkylation sites (tertiary alicyclic amines) is 1. The molecular weight excluding hydrogens is 420 g/mol. The van der Waals surface area contributed by atoms with Crippen LogP contribution < -0.4 is 10.1 Å². The van der Waals surface area contributed by atoms with Crippen LogP contribution in [0.1, 0.15) is 56.9 Å². The van der Waals surface area contributed by atoms with Gasteiger partial charge in [0.2, 0.25) is 5.91 Å². The summed E-state index contributed by atoms with van der Waals surface area (Å²) in [6.45, 7) is 1.46. The fraction of sp³-hybridized carbons (Fsp3) is 0.545. The Morgan fingerprint density at radius 1 is 1.04 bits per heavy atom. The molecule has 2 amide bonds. The molecule has 1 aromatic rings. The molecule has 5 nitrogen and oxygen atoms in total. The van der Waals surface area contributed by atoms with Gasteiger partial charge in [0.15, 0.2) is 0 Å². The van der Waals surface area contributed by atoms with Gasteiger partial charge in [-0.1, -0.05) is 37.5 Å². The minimum atomic E-state index is -0.123. The van der Waals surface area contributed by atoms with Crippen molar-refractivity contribution in [3.8, 4) is 5.75 Å². The van der Waals surface area contributed by atoms with Gasteiger partial charge in [-0.15, -0.1) is 0 Å². The van der Waals surface area contributed by atoms with Crippen molar-refractivity contribution in [2.75, 3.05) is 20.2 Å². The van der Waals surface area contributed by atoms with Gasteiger partial charge in [0.05, 0.1) is 11.6 Å². The average molecular weight is 449 g/mol. The van der Waals surface area contributed by atoms with Gasteiger partial charge in [0.1, 0.15) is 11.4 Å². The van der Waals surface area contributed by atoms with Crippen LogP contribution in [-0.4, -0.2) is 36.9 Å². The molecule has 0 aromatic heterocycles. The summed E-state index contributed by atoms with van der Waals surface area (Å²) in [5, 5.41) is 2.98. The lowest BCUT2D eigenvalue weighted by Crippen LogP contribution is -2.43. The van der Waals surface area contributed by atoms with E-state index in [0.29, 0.717) is 15.9 Å². The number of carbonyl (C=O) groups excluding carboxylic acids is 2. The fourth-order valence-electron chi connectivity index (χ4n) is 4.01. The molecule has 0 bridgehead atoms. The number of nitrogens with one attached hydrogen (secondary N) is 1. The van der Waals surface area contributed by atoms with E-state index >= 15 is 0 Å². The summed E-state index contributed by atoms with van der Waals surface area (Å²) >= 11 is 3.60. The minimum Gasteiger partial charge on any atom is -0.496 e. The van der Waals surface area contributed by atoms with Crippen molar-refractivity contribution >= 4 is 32.2 Å². The molecule has 1 heterocycles. The average Bonchev–Trinajstić information content (AvgIpc) is 2.77. The van der Waals surface area contributed by atoms with E-state index in [2.05, 4.69) is 21.2 Å². The van der Waals surface area contributed by atoms with E-state index in [4.69, 9.17) is 4.74 Å². The Bertz CT molecular complexity index is 735. The summed E-state index contributed by atoms with van der Waals surface area (Å²) in [5.41, 5.74) is 1.08. The molecule has 0 spiro atoms. The van der Waals surface area contributed by atoms with Gasteiger partial charge in [-0.3, -0.25) is 9.59 Å². The van der Waals surface area contributed by atoms with Crippen LogP contribution >= 0.6 is 15.9 Å². The highest BCUT2D eigenvalue weighted by atomic mass is 79.9. The van der Waals surface area contributed by atoms with Crippen LogP contribution in [0.15, 0.2) is 30.0 Å². The summed E-state index contributed by atoms with van der Waals surface area (Å²) in [6.07, 6.45) is 8.27. The van der Waals surface area contributed by atoms with Crippen molar-refractivity contribution in [1.82, 2.24) is 10.2 Å². The predicted molar refractivity (Wildman–Crippen MR) is 114 cm³/mol. The van der Waals surface area contributed by atoms with Gasteiger partial charge >= 0.3 is 0 Å². The lowest BCUT2D eigenvalue weighted by atomic mass is 9.88. The van der Waals surface area contributed by atoms with Gasteiger partial charge in [0.25, 0.3) is 5.91 Å². The van der Waals surface area contributed by atoms with E-state index < -0.39 is 0 Å². The van der Waals surface area contributed by atoms with Crippen molar-refractivity contribution in [3.05, 3.63) is 35.5 Å². The van der Waals surface area contributed by atoms with Crippen molar-refractivity contribution in [1.29, 1.82) is 0 Å². The van der Waals surface area contributed by atoms with E-state index in [9.17, 15) is 9.59 Å². The van der Waals surface area contributed by atoms with Crippen LogP contribution in [0.4, 0.5) is 0 Å². The Hall–Kier alpha value is -1.82. The van der Waals surface area contributed by atoms with E-state index in [1.807, 2.05) is 29.2 Å². The van der Waals surface area contributed by atoms with E-state index in [-0.39, 0.29) is 17.7 Å². The number of halogens is 1. The van der Waals surface area contributed by atoms with E-state index in [1.165, 1.54) is 6.42 Å². The number of hydrogen-bond donors (Lipinski definition) is 1. The minimum absolute atomic E-state index is 0.0177. The molecule has 2 aliphatic rings. The van der Waals surface area contributed by atoms with Crippen molar-refractivity contribution in [3.63, 3.8) is 0 Å². The molecule has 1 saturated carbocycles. The number of carbonyl (C=O) groups is 2. The molecule has 0 radical (unpaired) electrons. The first-order valence-electron chi connectivity index (χ1n) is 10.2. The van der Waals surface area contributed by atoms with Crippen LogP contribution in [0.3, 0.4) is 0 Å². The summed E-state index contributed by atoms with van der Waals surface area (Å²) in [6, 6.07) is 7.52. The second kappa shape index (κ2) is 10.1. The Balaban J connectivity index is 1.92. The smallest absolute Gasteiger partial charge is 0.271 e. The molecule has 28 heavy (non-hydrogen) atoms. The van der Waals surface area contributed by atoms with E-state index in [1.54, 1.807) is 7.11 Å². The maximum absolute atomic E-state index is 13.3. The van der Waals surface area contributed by atoms with E-state index in [0.717, 1.165) is 63.6 Å². The zero-order valence-corrected chi connectivity index (χ0v) is 18.1. The third-order valence-electron chi connectivity index (χ3n) is 5.64. The van der Waals surface area contributed by atoms with Gasteiger partial charge in [-0.2, -0.15) is 0 Å². The number of amides is 2. The number of methoxy groups -OCH3 is 1. The summed E-state index contributed by atoms with van der Waals surface area (Å²) < 4.78 is 6.04. The van der Waals surface area contributed by atoms with Crippen molar-refractivity contribution in [2.45, 2.75) is 51.4 Å². The van der Waals surface area contributed by atoms with Crippen molar-refractivity contribution in [2.24, 2.45) is 5.92 Å². The second-order valence-electron chi connectivity index (χ2n) is 7.57. The largest absolute Gasteiger partial charge is 0.496 e. The van der Waals surface area contributed by atoms with Crippen LogP contribution in [0, 0.1) is 5.92 Å². The highest BCUT2D eigenvalue weighted by Crippen LogP contribution is 2.33. The van der Waals surface area contributed by atoms with Gasteiger partial charge in [-0.05, 0) is 54.1 Å². The Morgan fingerprint density at radius 2 is 1.68 bits per heavy atom. The molecule has 1 aliphatic heterocycles. The quantitative estimate of drug-likeness (QED) is 0.675. The zero-order valence-electron chi connectivity index (χ0n) is 16.5. The van der Waals surface area contributed by atoms with Crippen LogP contribution in [-0.2, 0) is 9.59 Å². The molecule has 0 unspecified atom stereocenters. The Kier molecular flexibility index (Phi) is 7.54. The molecule has 3 rings (SSSR count). The second-order valence-corrected chi connectivity index (χ2v) is 8.36. The van der Waals surface area contributed by atoms with Gasteiger partial charge < -0.3 is 15.0 Å². The Morgan fingerprint density at radius 3 is 2.36 bits per heavy atom. The van der Waals surface area contributed by atoms with Gasteiger partial charge in [-0.25, -0.2) is 0 Å². The number of hydrogen-bond acceptors (Lipinski definition) is 3. The number of nitrogens with zero attached hydrogens (tertiary/aromatic N) is 1.